The fourth-order valence-electron chi connectivity index (χ4n) is 9.20. The fourth-order valence-corrected chi connectivity index (χ4v) is 9.20. The van der Waals surface area contributed by atoms with Crippen LogP contribution in [0.3, 0.4) is 0 Å². The number of aromatic hydroxyl groups is 1. The van der Waals surface area contributed by atoms with Crippen LogP contribution in [0, 0.1) is 5.82 Å². The molecule has 1 unspecified atom stereocenters. The molecule has 7 aromatic rings. The van der Waals surface area contributed by atoms with E-state index in [1.165, 1.54) is 0 Å². The van der Waals surface area contributed by atoms with Gasteiger partial charge in [0, 0.05) is 57.0 Å². The molecule has 4 nitrogen and oxygen atoms in total. The minimum absolute atomic E-state index is 0.142. The highest BCUT2D eigenvalue weighted by molar-refractivity contribution is 6.09. The maximum absolute atomic E-state index is 17.2. The van der Waals surface area contributed by atoms with Crippen molar-refractivity contribution in [1.29, 1.82) is 0 Å². The van der Waals surface area contributed by atoms with Crippen LogP contribution in [0.1, 0.15) is 31.7 Å². The minimum atomic E-state index is -0.359. The van der Waals surface area contributed by atoms with Crippen LogP contribution in [0.5, 0.6) is 11.5 Å². The highest BCUT2D eigenvalue weighted by atomic mass is 19.1. The summed E-state index contributed by atoms with van der Waals surface area (Å²) in [7, 11) is 0. The third-order valence-corrected chi connectivity index (χ3v) is 12.3. The zero-order valence-electron chi connectivity index (χ0n) is 35.7. The SMILES string of the molecule is C=C1/C(=C\C(=CC)N(c2ccccc2)c2c(F)cc(-c3ccccc3)cc2-c2ccccc2)Oc2ccc(-c3ccc(N(C4=CCCC=C4)C4C=CC=CC4)cc3O)c3cccc1c23. The molecule has 0 spiro atoms. The monoisotopic (exact) mass is 834 g/mol. The highest BCUT2D eigenvalue weighted by Gasteiger charge is 2.28. The summed E-state index contributed by atoms with van der Waals surface area (Å²) in [5.74, 6) is 1.07. The van der Waals surface area contributed by atoms with Crippen LogP contribution in [0.15, 0.2) is 230 Å². The summed E-state index contributed by atoms with van der Waals surface area (Å²) in [6.07, 6.45) is 22.1. The second-order valence-corrected chi connectivity index (χ2v) is 16.2. The predicted octanol–water partition coefficient (Wildman–Crippen LogP) is 15.6. The highest BCUT2D eigenvalue weighted by Crippen LogP contribution is 2.48. The summed E-state index contributed by atoms with van der Waals surface area (Å²) in [5, 5.41) is 13.7. The van der Waals surface area contributed by atoms with E-state index >= 15 is 4.39 Å². The van der Waals surface area contributed by atoms with Crippen LogP contribution in [0.25, 0.3) is 49.7 Å². The summed E-state index contributed by atoms with van der Waals surface area (Å²) in [5.41, 5.74) is 10.6. The Balaban J connectivity index is 1.04. The summed E-state index contributed by atoms with van der Waals surface area (Å²) < 4.78 is 24.0. The van der Waals surface area contributed by atoms with E-state index in [1.54, 1.807) is 6.07 Å². The number of allylic oxidation sites excluding steroid dienone is 8. The van der Waals surface area contributed by atoms with Crippen molar-refractivity contribution in [3.05, 3.63) is 241 Å². The first kappa shape index (κ1) is 40.2. The molecule has 1 heterocycles. The molecular formula is C59H47FN2O2. The van der Waals surface area contributed by atoms with Gasteiger partial charge in [-0.25, -0.2) is 4.39 Å². The maximum atomic E-state index is 17.2. The number of anilines is 3. The molecule has 0 bridgehead atoms. The van der Waals surface area contributed by atoms with Gasteiger partial charge in [-0.1, -0.05) is 146 Å². The Labute approximate surface area is 374 Å². The molecule has 10 rings (SSSR count). The lowest BCUT2D eigenvalue weighted by Gasteiger charge is -2.34. The van der Waals surface area contributed by atoms with Gasteiger partial charge >= 0.3 is 0 Å². The molecule has 7 aromatic carbocycles. The average Bonchev–Trinajstić information content (AvgIpc) is 3.35. The van der Waals surface area contributed by atoms with Gasteiger partial charge in [0.2, 0.25) is 0 Å². The Morgan fingerprint density at radius 3 is 2.16 bits per heavy atom. The number of rotatable bonds is 10. The van der Waals surface area contributed by atoms with Crippen LogP contribution in [-0.2, 0) is 0 Å². The van der Waals surface area contributed by atoms with E-state index in [1.807, 2.05) is 145 Å². The van der Waals surface area contributed by atoms with Crippen molar-refractivity contribution in [2.45, 2.75) is 32.2 Å². The van der Waals surface area contributed by atoms with Crippen LogP contribution < -0.4 is 14.5 Å². The second-order valence-electron chi connectivity index (χ2n) is 16.2. The van der Waals surface area contributed by atoms with Crippen molar-refractivity contribution < 1.29 is 14.2 Å². The summed E-state index contributed by atoms with van der Waals surface area (Å²) in [4.78, 5) is 4.28. The van der Waals surface area contributed by atoms with Crippen LogP contribution in [-0.4, -0.2) is 11.1 Å². The molecule has 0 aromatic heterocycles. The number of ether oxygens (including phenoxy) is 1. The largest absolute Gasteiger partial charge is 0.507 e. The van der Waals surface area contributed by atoms with Crippen molar-refractivity contribution in [2.24, 2.45) is 0 Å². The first-order valence-corrected chi connectivity index (χ1v) is 21.9. The third-order valence-electron chi connectivity index (χ3n) is 12.3. The lowest BCUT2D eigenvalue weighted by atomic mass is 9.89. The molecule has 1 N–H and O–H groups in total. The van der Waals surface area contributed by atoms with Crippen LogP contribution in [0.2, 0.25) is 0 Å². The number of hydrogen-bond acceptors (Lipinski definition) is 4. The van der Waals surface area contributed by atoms with Gasteiger partial charge in [-0.15, -0.1) is 0 Å². The molecule has 1 atom stereocenters. The normalized spacial score (nSPS) is 16.2. The molecule has 0 fully saturated rings. The minimum Gasteiger partial charge on any atom is -0.507 e. The Hall–Kier alpha value is -7.89. The van der Waals surface area contributed by atoms with E-state index in [0.29, 0.717) is 28.5 Å². The number of phenols is 1. The molecule has 312 valence electrons. The lowest BCUT2D eigenvalue weighted by Crippen LogP contribution is -2.33. The number of halogens is 1. The standard InChI is InChI=1S/C59H47FN2O2/c1-3-44(62(47-28-17-8-18-29-47)59-53(42-22-11-5-12-23-42)36-43(37-54(59)60)41-20-9-4-10-21-41)39-57-40(2)49-30-19-31-52-50(34-35-56(64-57)58(49)52)51-33-32-48(38-55(51)63)61(45-24-13-6-14-25-45)46-26-15-7-16-27-46/h3-6,8-15,17-24,26-39,45,63H,2,7,16,25H2,1H3/b44-3?,57-39+. The van der Waals surface area contributed by atoms with E-state index in [0.717, 1.165) is 86.1 Å². The van der Waals surface area contributed by atoms with Crippen molar-refractivity contribution in [3.63, 3.8) is 0 Å². The van der Waals surface area contributed by atoms with Crippen molar-refractivity contribution in [3.8, 4) is 44.9 Å². The molecule has 0 saturated carbocycles. The Morgan fingerprint density at radius 2 is 1.45 bits per heavy atom. The summed E-state index contributed by atoms with van der Waals surface area (Å²) in [6, 6.07) is 49.7. The van der Waals surface area contributed by atoms with E-state index in [4.69, 9.17) is 4.74 Å². The van der Waals surface area contributed by atoms with Crippen molar-refractivity contribution in [2.75, 3.05) is 9.80 Å². The smallest absolute Gasteiger partial charge is 0.148 e. The molecule has 1 aliphatic heterocycles. The van der Waals surface area contributed by atoms with Gasteiger partial charge in [0.15, 0.2) is 0 Å². The lowest BCUT2D eigenvalue weighted by molar-refractivity contribution is 0.450. The molecule has 5 heteroatoms. The second kappa shape index (κ2) is 17.5. The molecule has 0 saturated heterocycles. The Morgan fingerprint density at radius 1 is 0.703 bits per heavy atom. The number of benzene rings is 7. The summed E-state index contributed by atoms with van der Waals surface area (Å²) in [6.45, 7) is 6.54. The molecule has 3 aliphatic rings. The Kier molecular flexibility index (Phi) is 11.0. The van der Waals surface area contributed by atoms with Gasteiger partial charge in [0.25, 0.3) is 0 Å². The number of nitrogens with zero attached hydrogens (tertiary/aromatic N) is 2. The quantitative estimate of drug-likeness (QED) is 0.149. The van der Waals surface area contributed by atoms with Crippen LogP contribution >= 0.6 is 0 Å². The number of para-hydroxylation sites is 1. The third kappa shape index (κ3) is 7.56. The van der Waals surface area contributed by atoms with Gasteiger partial charge in [-0.05, 0) is 114 Å². The fraction of sp³-hybridized carbons (Fsp3) is 0.0847. The summed E-state index contributed by atoms with van der Waals surface area (Å²) >= 11 is 0. The van der Waals surface area contributed by atoms with Crippen molar-refractivity contribution >= 4 is 33.4 Å². The van der Waals surface area contributed by atoms with Gasteiger partial charge in [0.05, 0.1) is 11.7 Å². The number of hydrogen-bond donors (Lipinski definition) is 1. The van der Waals surface area contributed by atoms with Gasteiger partial charge in [0.1, 0.15) is 23.1 Å². The number of phenolic OH excluding ortho intramolecular Hbond substituents is 1. The maximum Gasteiger partial charge on any atom is 0.148 e. The predicted molar refractivity (Wildman–Crippen MR) is 264 cm³/mol. The first-order chi connectivity index (χ1) is 31.5. The van der Waals surface area contributed by atoms with E-state index in [-0.39, 0.29) is 17.6 Å². The van der Waals surface area contributed by atoms with E-state index < -0.39 is 0 Å². The van der Waals surface area contributed by atoms with Gasteiger partial charge < -0.3 is 19.6 Å². The zero-order chi connectivity index (χ0) is 43.6. The molecule has 0 radical (unpaired) electrons. The average molecular weight is 835 g/mol. The van der Waals surface area contributed by atoms with Gasteiger partial charge in [-0.3, -0.25) is 0 Å². The van der Waals surface area contributed by atoms with E-state index in [2.05, 4.69) is 78.3 Å². The van der Waals surface area contributed by atoms with E-state index in [9.17, 15) is 5.11 Å². The molecule has 2 aliphatic carbocycles. The first-order valence-electron chi connectivity index (χ1n) is 21.9. The van der Waals surface area contributed by atoms with Gasteiger partial charge in [-0.2, -0.15) is 0 Å². The zero-order valence-corrected chi connectivity index (χ0v) is 35.7. The topological polar surface area (TPSA) is 35.9 Å². The van der Waals surface area contributed by atoms with Crippen LogP contribution in [0.4, 0.5) is 21.5 Å². The molecule has 0 amide bonds. The molecular weight excluding hydrogens is 788 g/mol. The molecule has 64 heavy (non-hydrogen) atoms. The Bertz CT molecular complexity index is 3100. The van der Waals surface area contributed by atoms with Crippen molar-refractivity contribution in [1.82, 2.24) is 0 Å².